The quantitative estimate of drug-likeness (QED) is 0.286. The minimum absolute atomic E-state index is 0.00491. The molecule has 0 atom stereocenters. The van der Waals surface area contributed by atoms with Gasteiger partial charge < -0.3 is 0 Å². The molecule has 0 aliphatic heterocycles. The first-order valence-electron chi connectivity index (χ1n) is 12.6. The lowest BCUT2D eigenvalue weighted by molar-refractivity contribution is 0.273. The number of aromatic nitrogens is 2. The molecule has 0 N–H and O–H groups in total. The van der Waals surface area contributed by atoms with Crippen LogP contribution in [0.1, 0.15) is 101 Å². The summed E-state index contributed by atoms with van der Waals surface area (Å²) in [5.74, 6) is 1.04. The van der Waals surface area contributed by atoms with Gasteiger partial charge in [-0.2, -0.15) is 0 Å². The largest absolute Gasteiger partial charge is 0.284 e. The maximum atomic E-state index is 14.4. The van der Waals surface area contributed by atoms with E-state index in [0.717, 1.165) is 54.3 Å². The van der Waals surface area contributed by atoms with Crippen LogP contribution in [0.5, 0.6) is 0 Å². The van der Waals surface area contributed by atoms with Crippen LogP contribution in [-0.4, -0.2) is 15.3 Å². The molecule has 0 unspecified atom stereocenters. The van der Waals surface area contributed by atoms with Gasteiger partial charge in [0, 0.05) is 22.8 Å². The zero-order valence-electron chi connectivity index (χ0n) is 19.0. The molecule has 2 saturated carbocycles. The summed E-state index contributed by atoms with van der Waals surface area (Å²) in [5.41, 5.74) is 4.97. The zero-order chi connectivity index (χ0) is 21.3. The zero-order valence-corrected chi connectivity index (χ0v) is 19.8. The second-order valence-corrected chi connectivity index (χ2v) is 11.0. The number of benzene rings is 1. The van der Waals surface area contributed by atoms with Crippen molar-refractivity contribution >= 4 is 11.8 Å². The van der Waals surface area contributed by atoms with Gasteiger partial charge in [-0.15, -0.1) is 0 Å². The summed E-state index contributed by atoms with van der Waals surface area (Å²) in [7, 11) is 0. The molecular weight excluding hydrogens is 400 g/mol. The third kappa shape index (κ3) is 3.90. The Balaban J connectivity index is 1.72. The third-order valence-electron chi connectivity index (χ3n) is 7.89. The fraction of sp³-hybridized carbons (Fsp3) is 0.630. The van der Waals surface area contributed by atoms with Crippen LogP contribution in [0, 0.1) is 0 Å². The van der Waals surface area contributed by atoms with Gasteiger partial charge in [0.05, 0.1) is 11.3 Å². The highest BCUT2D eigenvalue weighted by Gasteiger charge is 2.43. The van der Waals surface area contributed by atoms with E-state index >= 15 is 0 Å². The van der Waals surface area contributed by atoms with E-state index in [1.807, 2.05) is 11.8 Å². The maximum absolute atomic E-state index is 14.4. The topological polar surface area (TPSA) is 34.9 Å². The molecule has 0 amide bonds. The Morgan fingerprint density at radius 2 is 1.81 bits per heavy atom. The van der Waals surface area contributed by atoms with E-state index in [1.54, 1.807) is 0 Å². The summed E-state index contributed by atoms with van der Waals surface area (Å²) >= 11 is 1.81. The smallest absolute Gasteiger partial charge is 0.258 e. The number of unbranched alkanes of at least 4 members (excludes halogenated alkanes) is 1. The first-order valence-corrected chi connectivity index (χ1v) is 13.6. The average molecular weight is 437 g/mol. The molecule has 3 aliphatic rings. The van der Waals surface area contributed by atoms with Gasteiger partial charge in [-0.3, -0.25) is 9.36 Å². The molecule has 3 nitrogen and oxygen atoms in total. The molecule has 0 radical (unpaired) electrons. The summed E-state index contributed by atoms with van der Waals surface area (Å²) in [4.78, 5) is 19.7. The first-order chi connectivity index (χ1) is 15.2. The molecule has 2 fully saturated rings. The summed E-state index contributed by atoms with van der Waals surface area (Å²) in [6, 6.07) is 9.07. The Kier molecular flexibility index (Phi) is 6.28. The van der Waals surface area contributed by atoms with Crippen molar-refractivity contribution in [3.05, 3.63) is 45.7 Å². The van der Waals surface area contributed by atoms with Crippen LogP contribution in [0.25, 0.3) is 11.3 Å². The predicted molar refractivity (Wildman–Crippen MR) is 130 cm³/mol. The van der Waals surface area contributed by atoms with E-state index < -0.39 is 0 Å². The van der Waals surface area contributed by atoms with E-state index in [2.05, 4.69) is 35.8 Å². The van der Waals surface area contributed by atoms with E-state index in [-0.39, 0.29) is 5.41 Å². The Hall–Kier alpha value is -1.55. The number of rotatable bonds is 5. The third-order valence-corrected chi connectivity index (χ3v) is 8.93. The summed E-state index contributed by atoms with van der Waals surface area (Å²) in [6.45, 7) is 2.23. The van der Waals surface area contributed by atoms with Gasteiger partial charge >= 0.3 is 0 Å². The predicted octanol–water partition coefficient (Wildman–Crippen LogP) is 7.07. The lowest BCUT2D eigenvalue weighted by atomic mass is 9.62. The molecule has 5 rings (SSSR count). The van der Waals surface area contributed by atoms with Crippen molar-refractivity contribution in [1.82, 2.24) is 9.55 Å². The van der Waals surface area contributed by atoms with Crippen molar-refractivity contribution in [2.24, 2.45) is 0 Å². The number of hydrogen-bond donors (Lipinski definition) is 0. The summed E-state index contributed by atoms with van der Waals surface area (Å²) in [5, 5.41) is 0.978. The highest BCUT2D eigenvalue weighted by Crippen LogP contribution is 2.49. The lowest BCUT2D eigenvalue weighted by Crippen LogP contribution is -2.44. The highest BCUT2D eigenvalue weighted by atomic mass is 32.2. The maximum Gasteiger partial charge on any atom is 0.258 e. The number of thioether (sulfide) groups is 1. The molecule has 3 aliphatic carbocycles. The van der Waals surface area contributed by atoms with E-state index in [1.165, 1.54) is 62.5 Å². The first kappa shape index (κ1) is 21.3. The van der Waals surface area contributed by atoms with Crippen LogP contribution in [0.3, 0.4) is 0 Å². The standard InChI is InChI=1S/C27H36N2OS/c1-2-3-18-31-26-28-24-22-15-9-8-12-20(22)19-27(16-10-5-11-17-27)23(24)25(30)29(26)21-13-6-4-7-14-21/h8-9,12,15,21H,2-7,10-11,13-14,16-19H2,1H3. The molecule has 166 valence electrons. The fourth-order valence-electron chi connectivity index (χ4n) is 6.27. The minimum atomic E-state index is -0.00491. The molecule has 1 aromatic carbocycles. The van der Waals surface area contributed by atoms with Crippen LogP contribution >= 0.6 is 11.8 Å². The van der Waals surface area contributed by atoms with Gasteiger partial charge in [-0.1, -0.05) is 87.9 Å². The second-order valence-electron chi connectivity index (χ2n) is 9.96. The van der Waals surface area contributed by atoms with Crippen LogP contribution in [-0.2, 0) is 11.8 Å². The highest BCUT2D eigenvalue weighted by molar-refractivity contribution is 7.99. The SMILES string of the molecule is CCCCSc1nc2c(c(=O)n1C1CCCCC1)C1(CCCCC1)Cc1ccccc1-2. The van der Waals surface area contributed by atoms with Crippen molar-refractivity contribution in [1.29, 1.82) is 0 Å². The van der Waals surface area contributed by atoms with E-state index in [9.17, 15) is 4.79 Å². The minimum Gasteiger partial charge on any atom is -0.284 e. The monoisotopic (exact) mass is 436 g/mol. The van der Waals surface area contributed by atoms with Gasteiger partial charge in [0.15, 0.2) is 5.16 Å². The molecule has 0 bridgehead atoms. The summed E-state index contributed by atoms with van der Waals surface area (Å²) < 4.78 is 2.17. The van der Waals surface area contributed by atoms with E-state index in [4.69, 9.17) is 4.98 Å². The lowest BCUT2D eigenvalue weighted by Gasteiger charge is -2.42. The van der Waals surface area contributed by atoms with Gasteiger partial charge in [0.2, 0.25) is 0 Å². The number of hydrogen-bond acceptors (Lipinski definition) is 3. The Morgan fingerprint density at radius 1 is 1.06 bits per heavy atom. The molecule has 1 aromatic heterocycles. The second kappa shape index (κ2) is 9.13. The van der Waals surface area contributed by atoms with Crippen LogP contribution in [0.2, 0.25) is 0 Å². The average Bonchev–Trinajstić information content (AvgIpc) is 2.80. The van der Waals surface area contributed by atoms with Crippen molar-refractivity contribution in [2.45, 2.75) is 107 Å². The van der Waals surface area contributed by atoms with Crippen molar-refractivity contribution in [3.63, 3.8) is 0 Å². The molecular formula is C27H36N2OS. The molecule has 4 heteroatoms. The van der Waals surface area contributed by atoms with Crippen LogP contribution < -0.4 is 5.56 Å². The molecule has 0 saturated heterocycles. The van der Waals surface area contributed by atoms with Crippen molar-refractivity contribution in [2.75, 3.05) is 5.75 Å². The van der Waals surface area contributed by atoms with Crippen molar-refractivity contribution in [3.8, 4) is 11.3 Å². The molecule has 1 heterocycles. The fourth-order valence-corrected chi connectivity index (χ4v) is 7.41. The van der Waals surface area contributed by atoms with Crippen molar-refractivity contribution < 1.29 is 0 Å². The van der Waals surface area contributed by atoms with Gasteiger partial charge in [-0.05, 0) is 44.1 Å². The van der Waals surface area contributed by atoms with Crippen LogP contribution in [0.15, 0.2) is 34.2 Å². The van der Waals surface area contributed by atoms with Gasteiger partial charge in [-0.25, -0.2) is 4.98 Å². The molecule has 2 aromatic rings. The Labute approximate surface area is 191 Å². The summed E-state index contributed by atoms with van der Waals surface area (Å²) in [6.07, 6.45) is 15.4. The van der Waals surface area contributed by atoms with E-state index in [0.29, 0.717) is 11.6 Å². The van der Waals surface area contributed by atoms with Crippen LogP contribution in [0.4, 0.5) is 0 Å². The Morgan fingerprint density at radius 3 is 2.58 bits per heavy atom. The normalized spacial score (nSPS) is 20.4. The Bertz CT molecular complexity index is 983. The van der Waals surface area contributed by atoms with Gasteiger partial charge in [0.25, 0.3) is 5.56 Å². The number of nitrogens with zero attached hydrogens (tertiary/aromatic N) is 2. The molecule has 31 heavy (non-hydrogen) atoms. The van der Waals surface area contributed by atoms with Gasteiger partial charge in [0.1, 0.15) is 0 Å². The number of fused-ring (bicyclic) bond motifs is 4. The molecule has 1 spiro atoms.